The molecule has 0 aliphatic heterocycles. The molecule has 1 N–H and O–H groups in total. The van der Waals surface area contributed by atoms with E-state index in [1.54, 1.807) is 11.3 Å². The summed E-state index contributed by atoms with van der Waals surface area (Å²) in [5, 5.41) is 6.61. The van der Waals surface area contributed by atoms with Gasteiger partial charge in [0, 0.05) is 18.5 Å². The molecule has 1 aromatic rings. The first-order valence-corrected chi connectivity index (χ1v) is 6.99. The van der Waals surface area contributed by atoms with Crippen molar-refractivity contribution < 1.29 is 4.74 Å². The van der Waals surface area contributed by atoms with Crippen LogP contribution in [-0.2, 0) is 11.3 Å². The molecule has 1 saturated carbocycles. The van der Waals surface area contributed by atoms with Gasteiger partial charge in [-0.15, -0.1) is 11.3 Å². The fourth-order valence-corrected chi connectivity index (χ4v) is 2.73. The van der Waals surface area contributed by atoms with Gasteiger partial charge in [-0.25, -0.2) is 4.98 Å². The minimum Gasteiger partial charge on any atom is -0.371 e. The molecule has 2 rings (SSSR count). The average Bonchev–Trinajstić information content (AvgIpc) is 3.02. The third-order valence-corrected chi connectivity index (χ3v) is 3.72. The van der Waals surface area contributed by atoms with E-state index < -0.39 is 0 Å². The lowest BCUT2D eigenvalue weighted by atomic mass is 10.2. The van der Waals surface area contributed by atoms with Crippen molar-refractivity contribution in [2.24, 2.45) is 5.92 Å². The normalized spacial score (nSPS) is 17.6. The van der Waals surface area contributed by atoms with Gasteiger partial charge in [0.25, 0.3) is 0 Å². The van der Waals surface area contributed by atoms with Crippen LogP contribution in [-0.4, -0.2) is 18.1 Å². The van der Waals surface area contributed by atoms with E-state index in [0.29, 0.717) is 0 Å². The van der Waals surface area contributed by atoms with Crippen LogP contribution in [0.3, 0.4) is 0 Å². The summed E-state index contributed by atoms with van der Waals surface area (Å²) >= 11 is 1.74. The van der Waals surface area contributed by atoms with E-state index in [1.165, 1.54) is 12.8 Å². The van der Waals surface area contributed by atoms with E-state index in [4.69, 9.17) is 4.74 Å². The second kappa shape index (κ2) is 5.75. The standard InChI is InChI=1S/C12H20N2OS/c1-3-13-7-10-8-16-12(14-10)11(15-4-2)9-5-6-9/h8-9,11,13H,3-7H2,1-2H3. The highest BCUT2D eigenvalue weighted by Crippen LogP contribution is 2.44. The van der Waals surface area contributed by atoms with E-state index in [2.05, 4.69) is 29.5 Å². The molecule has 0 spiro atoms. The molecule has 16 heavy (non-hydrogen) atoms. The number of hydrogen-bond donors (Lipinski definition) is 1. The molecule has 0 amide bonds. The van der Waals surface area contributed by atoms with Crippen molar-refractivity contribution in [1.29, 1.82) is 0 Å². The van der Waals surface area contributed by atoms with Gasteiger partial charge in [-0.1, -0.05) is 6.92 Å². The monoisotopic (exact) mass is 240 g/mol. The third kappa shape index (κ3) is 3.03. The summed E-state index contributed by atoms with van der Waals surface area (Å²) in [6.45, 7) is 6.81. The van der Waals surface area contributed by atoms with Gasteiger partial charge in [-0.2, -0.15) is 0 Å². The Morgan fingerprint density at radius 3 is 3.00 bits per heavy atom. The van der Waals surface area contributed by atoms with Crippen LogP contribution in [0.1, 0.15) is 43.5 Å². The molecular weight excluding hydrogens is 220 g/mol. The topological polar surface area (TPSA) is 34.1 Å². The lowest BCUT2D eigenvalue weighted by Crippen LogP contribution is -2.12. The fraction of sp³-hybridized carbons (Fsp3) is 0.750. The summed E-state index contributed by atoms with van der Waals surface area (Å²) in [6, 6.07) is 0. The summed E-state index contributed by atoms with van der Waals surface area (Å²) in [4.78, 5) is 4.66. The van der Waals surface area contributed by atoms with Gasteiger partial charge in [-0.05, 0) is 32.2 Å². The molecule has 90 valence electrons. The number of aromatic nitrogens is 1. The van der Waals surface area contributed by atoms with Crippen LogP contribution in [0.15, 0.2) is 5.38 Å². The molecule has 3 nitrogen and oxygen atoms in total. The van der Waals surface area contributed by atoms with Gasteiger partial charge in [-0.3, -0.25) is 0 Å². The SMILES string of the molecule is CCNCc1csc(C(OCC)C2CC2)n1. The van der Waals surface area contributed by atoms with Gasteiger partial charge in [0.05, 0.1) is 5.69 Å². The van der Waals surface area contributed by atoms with Gasteiger partial charge in [0.2, 0.25) is 0 Å². The number of nitrogens with zero attached hydrogens (tertiary/aromatic N) is 1. The highest BCUT2D eigenvalue weighted by atomic mass is 32.1. The van der Waals surface area contributed by atoms with Crippen molar-refractivity contribution in [2.75, 3.05) is 13.2 Å². The second-order valence-electron chi connectivity index (χ2n) is 4.17. The molecule has 4 heteroatoms. The quantitative estimate of drug-likeness (QED) is 0.795. The summed E-state index contributed by atoms with van der Waals surface area (Å²) in [6.07, 6.45) is 2.85. The Labute approximate surface area is 101 Å². The highest BCUT2D eigenvalue weighted by molar-refractivity contribution is 7.09. The summed E-state index contributed by atoms with van der Waals surface area (Å²) in [5.41, 5.74) is 1.15. The van der Waals surface area contributed by atoms with Crippen molar-refractivity contribution in [2.45, 2.75) is 39.3 Å². The molecule has 1 heterocycles. The summed E-state index contributed by atoms with van der Waals surface area (Å²) in [7, 11) is 0. The predicted molar refractivity (Wildman–Crippen MR) is 66.6 cm³/mol. The second-order valence-corrected chi connectivity index (χ2v) is 5.06. The summed E-state index contributed by atoms with van der Waals surface area (Å²) in [5.74, 6) is 0.720. The fourth-order valence-electron chi connectivity index (χ4n) is 1.78. The van der Waals surface area contributed by atoms with Crippen molar-refractivity contribution in [3.05, 3.63) is 16.1 Å². The van der Waals surface area contributed by atoms with Crippen LogP contribution in [0, 0.1) is 5.92 Å². The van der Waals surface area contributed by atoms with E-state index >= 15 is 0 Å². The van der Waals surface area contributed by atoms with Gasteiger partial charge in [0.15, 0.2) is 0 Å². The minimum atomic E-state index is 0.255. The van der Waals surface area contributed by atoms with Crippen molar-refractivity contribution in [1.82, 2.24) is 10.3 Å². The molecule has 1 aromatic heterocycles. The first-order valence-electron chi connectivity index (χ1n) is 6.11. The first-order chi connectivity index (χ1) is 7.85. The molecule has 0 saturated heterocycles. The maximum absolute atomic E-state index is 5.80. The van der Waals surface area contributed by atoms with Crippen LogP contribution in [0.4, 0.5) is 0 Å². The zero-order valence-electron chi connectivity index (χ0n) is 10.0. The molecule has 1 fully saturated rings. The molecular formula is C12H20N2OS. The maximum atomic E-state index is 5.80. The Hall–Kier alpha value is -0.450. The van der Waals surface area contributed by atoms with E-state index in [9.17, 15) is 0 Å². The van der Waals surface area contributed by atoms with E-state index in [1.807, 2.05) is 0 Å². The number of nitrogens with one attached hydrogen (secondary N) is 1. The zero-order valence-corrected chi connectivity index (χ0v) is 10.8. The predicted octanol–water partition coefficient (Wildman–Crippen LogP) is 2.74. The highest BCUT2D eigenvalue weighted by Gasteiger charge is 2.34. The molecule has 0 radical (unpaired) electrons. The van der Waals surface area contributed by atoms with Crippen LogP contribution < -0.4 is 5.32 Å². The largest absolute Gasteiger partial charge is 0.371 e. The Morgan fingerprint density at radius 1 is 1.56 bits per heavy atom. The first kappa shape index (κ1) is 12.0. The summed E-state index contributed by atoms with van der Waals surface area (Å²) < 4.78 is 5.80. The number of rotatable bonds is 7. The molecule has 1 unspecified atom stereocenters. The van der Waals surface area contributed by atoms with Gasteiger partial charge in [0.1, 0.15) is 11.1 Å². The molecule has 1 aliphatic carbocycles. The van der Waals surface area contributed by atoms with E-state index in [-0.39, 0.29) is 6.10 Å². The Kier molecular flexibility index (Phi) is 4.32. The van der Waals surface area contributed by atoms with Crippen molar-refractivity contribution >= 4 is 11.3 Å². The number of thiazole rings is 1. The third-order valence-electron chi connectivity index (χ3n) is 2.77. The molecule has 0 aromatic carbocycles. The minimum absolute atomic E-state index is 0.255. The van der Waals surface area contributed by atoms with Crippen LogP contribution in [0.25, 0.3) is 0 Å². The van der Waals surface area contributed by atoms with Gasteiger partial charge >= 0.3 is 0 Å². The van der Waals surface area contributed by atoms with E-state index in [0.717, 1.165) is 36.3 Å². The Morgan fingerprint density at radius 2 is 2.38 bits per heavy atom. The van der Waals surface area contributed by atoms with Gasteiger partial charge < -0.3 is 10.1 Å². The Balaban J connectivity index is 1.97. The average molecular weight is 240 g/mol. The zero-order chi connectivity index (χ0) is 11.4. The smallest absolute Gasteiger partial charge is 0.122 e. The van der Waals surface area contributed by atoms with Crippen LogP contribution in [0.5, 0.6) is 0 Å². The van der Waals surface area contributed by atoms with Crippen molar-refractivity contribution in [3.8, 4) is 0 Å². The van der Waals surface area contributed by atoms with Crippen LogP contribution in [0.2, 0.25) is 0 Å². The Bertz CT molecular complexity index is 323. The molecule has 1 atom stereocenters. The molecule has 0 bridgehead atoms. The lowest BCUT2D eigenvalue weighted by Gasteiger charge is -2.12. The number of hydrogen-bond acceptors (Lipinski definition) is 4. The molecule has 1 aliphatic rings. The number of ether oxygens (including phenoxy) is 1. The maximum Gasteiger partial charge on any atom is 0.122 e. The lowest BCUT2D eigenvalue weighted by molar-refractivity contribution is 0.0461. The van der Waals surface area contributed by atoms with Crippen molar-refractivity contribution in [3.63, 3.8) is 0 Å². The van der Waals surface area contributed by atoms with Crippen LogP contribution >= 0.6 is 11.3 Å².